The quantitative estimate of drug-likeness (QED) is 0.585. The number of hydrogen-bond acceptors (Lipinski definition) is 3. The van der Waals surface area contributed by atoms with Crippen LogP contribution in [0.3, 0.4) is 0 Å². The summed E-state index contributed by atoms with van der Waals surface area (Å²) >= 11 is 0. The van der Waals surface area contributed by atoms with Gasteiger partial charge in [-0.1, -0.05) is 41.5 Å². The summed E-state index contributed by atoms with van der Waals surface area (Å²) in [5.74, 6) is 0. The van der Waals surface area contributed by atoms with E-state index in [-0.39, 0.29) is 0 Å². The molecule has 0 heterocycles. The maximum atomic E-state index is 6.53. The van der Waals surface area contributed by atoms with Gasteiger partial charge >= 0.3 is 8.56 Å². The molecule has 0 aliphatic rings. The molecule has 0 rings (SSSR count). The molecule has 0 aliphatic carbocycles. The second-order valence-electron chi connectivity index (χ2n) is 6.46. The van der Waals surface area contributed by atoms with Gasteiger partial charge < -0.3 is 13.3 Å². The molecule has 5 heteroatoms. The van der Waals surface area contributed by atoms with Gasteiger partial charge in [-0.3, -0.25) is 0 Å². The third kappa shape index (κ3) is 4.67. The van der Waals surface area contributed by atoms with Crippen molar-refractivity contribution in [2.75, 3.05) is 20.8 Å². The highest BCUT2D eigenvalue weighted by Gasteiger charge is 2.45. The average Bonchev–Trinajstić information content (AvgIpc) is 2.32. The Bertz CT molecular complexity index is 229. The van der Waals surface area contributed by atoms with Crippen molar-refractivity contribution in [2.45, 2.75) is 70.8 Å². The summed E-state index contributed by atoms with van der Waals surface area (Å²) in [7, 11) is -0.258. The van der Waals surface area contributed by atoms with Crippen molar-refractivity contribution in [1.82, 2.24) is 0 Å². The molecule has 0 saturated heterocycles. The van der Waals surface area contributed by atoms with E-state index in [9.17, 15) is 0 Å². The minimum Gasteiger partial charge on any atom is -0.416 e. The molecule has 0 radical (unpaired) electrons. The fraction of sp³-hybridized carbons (Fsp3) is 1.00. The molecule has 0 N–H and O–H groups in total. The van der Waals surface area contributed by atoms with Crippen LogP contribution in [-0.4, -0.2) is 37.7 Å². The van der Waals surface area contributed by atoms with Gasteiger partial charge in [-0.25, -0.2) is 0 Å². The molecule has 3 nitrogen and oxygen atoms in total. The first kappa shape index (κ1) is 19.3. The van der Waals surface area contributed by atoms with Crippen LogP contribution in [0.2, 0.25) is 29.2 Å². The molecule has 0 spiro atoms. The molecule has 0 amide bonds. The number of hydrogen-bond donors (Lipinski definition) is 0. The third-order valence-corrected chi connectivity index (χ3v) is 13.4. The molecule has 0 aromatic heterocycles. The zero-order valence-electron chi connectivity index (χ0n) is 14.4. The SMILES string of the molecule is CO[Si](C)(CCO[Si](C(C)C)(C(C)C)C(C)C)OC. The zero-order chi connectivity index (χ0) is 15.3. The van der Waals surface area contributed by atoms with Crippen LogP contribution >= 0.6 is 0 Å². The molecule has 0 aliphatic heterocycles. The van der Waals surface area contributed by atoms with Crippen LogP contribution < -0.4 is 0 Å². The summed E-state index contributed by atoms with van der Waals surface area (Å²) in [4.78, 5) is 0. The molecular weight excluding hydrogens is 272 g/mol. The maximum Gasteiger partial charge on any atom is 0.336 e. The van der Waals surface area contributed by atoms with Gasteiger partial charge in [0.2, 0.25) is 0 Å². The smallest absolute Gasteiger partial charge is 0.336 e. The van der Waals surface area contributed by atoms with Crippen LogP contribution in [0.5, 0.6) is 0 Å². The van der Waals surface area contributed by atoms with Gasteiger partial charge in [0, 0.05) is 26.9 Å². The summed E-state index contributed by atoms with van der Waals surface area (Å²) < 4.78 is 17.6. The summed E-state index contributed by atoms with van der Waals surface area (Å²) in [5.41, 5.74) is 1.89. The summed E-state index contributed by atoms with van der Waals surface area (Å²) in [6.45, 7) is 16.8. The van der Waals surface area contributed by atoms with Crippen molar-refractivity contribution in [3.63, 3.8) is 0 Å². The molecule has 19 heavy (non-hydrogen) atoms. The van der Waals surface area contributed by atoms with E-state index in [1.54, 1.807) is 14.2 Å². The molecule has 0 bridgehead atoms. The van der Waals surface area contributed by atoms with Gasteiger partial charge in [0.1, 0.15) is 0 Å². The average molecular weight is 307 g/mol. The third-order valence-electron chi connectivity index (χ3n) is 4.48. The Balaban J connectivity index is 4.78. The first-order valence-corrected chi connectivity index (χ1v) is 12.1. The Hall–Kier alpha value is 0.314. The van der Waals surface area contributed by atoms with Crippen molar-refractivity contribution >= 4 is 16.9 Å². The molecule has 0 fully saturated rings. The van der Waals surface area contributed by atoms with E-state index >= 15 is 0 Å². The topological polar surface area (TPSA) is 27.7 Å². The fourth-order valence-electron chi connectivity index (χ4n) is 3.20. The van der Waals surface area contributed by atoms with E-state index in [1.165, 1.54) is 0 Å². The van der Waals surface area contributed by atoms with Gasteiger partial charge in [0.05, 0.1) is 0 Å². The lowest BCUT2D eigenvalue weighted by Gasteiger charge is -2.42. The molecule has 0 saturated carbocycles. The van der Waals surface area contributed by atoms with E-state index in [0.717, 1.165) is 12.7 Å². The van der Waals surface area contributed by atoms with Gasteiger partial charge in [-0.15, -0.1) is 0 Å². The lowest BCUT2D eigenvalue weighted by molar-refractivity contribution is 0.227. The first-order valence-electron chi connectivity index (χ1n) is 7.40. The Morgan fingerprint density at radius 1 is 0.789 bits per heavy atom. The van der Waals surface area contributed by atoms with Crippen molar-refractivity contribution in [2.24, 2.45) is 0 Å². The van der Waals surface area contributed by atoms with E-state index in [2.05, 4.69) is 48.1 Å². The zero-order valence-corrected chi connectivity index (χ0v) is 16.4. The molecule has 0 atom stereocenters. The second-order valence-corrected chi connectivity index (χ2v) is 15.5. The standard InChI is InChI=1S/C14H34O3Si2/c1-12(2)19(13(3)4,14(5)6)17-10-11-18(9,15-7)16-8/h12-14H,10-11H2,1-9H3. The van der Waals surface area contributed by atoms with Crippen molar-refractivity contribution < 1.29 is 13.3 Å². The van der Waals surface area contributed by atoms with Crippen LogP contribution in [0, 0.1) is 0 Å². The van der Waals surface area contributed by atoms with Crippen molar-refractivity contribution in [3.05, 3.63) is 0 Å². The molecular formula is C14H34O3Si2. The highest BCUT2D eigenvalue weighted by atomic mass is 28.4. The van der Waals surface area contributed by atoms with Crippen LogP contribution in [0.4, 0.5) is 0 Å². The van der Waals surface area contributed by atoms with Gasteiger partial charge in [0.15, 0.2) is 8.32 Å². The predicted octanol–water partition coefficient (Wildman–Crippen LogP) is 4.54. The van der Waals surface area contributed by atoms with Crippen LogP contribution in [0.25, 0.3) is 0 Å². The summed E-state index contributed by atoms with van der Waals surface area (Å²) in [6, 6.07) is 0.904. The summed E-state index contributed by atoms with van der Waals surface area (Å²) in [6.07, 6.45) is 0. The van der Waals surface area contributed by atoms with E-state index < -0.39 is 16.9 Å². The van der Waals surface area contributed by atoms with E-state index in [4.69, 9.17) is 13.3 Å². The van der Waals surface area contributed by atoms with Crippen LogP contribution in [-0.2, 0) is 13.3 Å². The normalized spacial score (nSPS) is 13.9. The Morgan fingerprint density at radius 3 is 1.42 bits per heavy atom. The minimum absolute atomic E-state index is 0.630. The fourth-order valence-corrected chi connectivity index (χ4v) is 9.91. The van der Waals surface area contributed by atoms with Crippen LogP contribution in [0.15, 0.2) is 0 Å². The predicted molar refractivity (Wildman–Crippen MR) is 87.4 cm³/mol. The maximum absolute atomic E-state index is 6.53. The van der Waals surface area contributed by atoms with E-state index in [1.807, 2.05) is 0 Å². The lowest BCUT2D eigenvalue weighted by atomic mass is 10.5. The number of rotatable bonds is 9. The van der Waals surface area contributed by atoms with Gasteiger partial charge in [0.25, 0.3) is 0 Å². The Morgan fingerprint density at radius 2 is 1.16 bits per heavy atom. The van der Waals surface area contributed by atoms with Crippen LogP contribution in [0.1, 0.15) is 41.5 Å². The monoisotopic (exact) mass is 306 g/mol. The van der Waals surface area contributed by atoms with Gasteiger partial charge in [-0.05, 0) is 23.2 Å². The largest absolute Gasteiger partial charge is 0.416 e. The molecule has 0 aromatic rings. The molecule has 0 unspecified atom stereocenters. The Kier molecular flexibility index (Phi) is 8.06. The van der Waals surface area contributed by atoms with Crippen molar-refractivity contribution in [1.29, 1.82) is 0 Å². The first-order chi connectivity index (χ1) is 8.66. The summed E-state index contributed by atoms with van der Waals surface area (Å²) in [5, 5.41) is 0. The van der Waals surface area contributed by atoms with Crippen molar-refractivity contribution in [3.8, 4) is 0 Å². The van der Waals surface area contributed by atoms with E-state index in [0.29, 0.717) is 16.6 Å². The molecule has 0 aromatic carbocycles. The highest BCUT2D eigenvalue weighted by molar-refractivity contribution is 6.77. The Labute approximate surface area is 122 Å². The second kappa shape index (κ2) is 7.93. The minimum atomic E-state index is -2.00. The van der Waals surface area contributed by atoms with Gasteiger partial charge in [-0.2, -0.15) is 0 Å². The molecule has 116 valence electrons. The lowest BCUT2D eigenvalue weighted by Crippen LogP contribution is -2.49. The highest BCUT2D eigenvalue weighted by Crippen LogP contribution is 2.42.